The van der Waals surface area contributed by atoms with Crippen LogP contribution in [0, 0.1) is 0 Å². The lowest BCUT2D eigenvalue weighted by Gasteiger charge is -2.01. The van der Waals surface area contributed by atoms with Crippen LogP contribution in [-0.4, -0.2) is 5.78 Å². The number of Topliss-reactive ketones (excluding diaryl/α,β-unsaturated/α-hetero) is 1. The SMILES string of the molecule is CC(=O)CCc1ccc(Br)c(Cl)c1. The molecule has 0 aliphatic heterocycles. The van der Waals surface area contributed by atoms with Gasteiger partial charge in [0, 0.05) is 10.9 Å². The van der Waals surface area contributed by atoms with Crippen LogP contribution in [0.1, 0.15) is 18.9 Å². The van der Waals surface area contributed by atoms with Crippen molar-refractivity contribution in [3.63, 3.8) is 0 Å². The molecule has 1 aromatic rings. The van der Waals surface area contributed by atoms with Gasteiger partial charge in [0.1, 0.15) is 5.78 Å². The summed E-state index contributed by atoms with van der Waals surface area (Å²) < 4.78 is 0.890. The molecule has 3 heteroatoms. The standard InChI is InChI=1S/C10H10BrClO/c1-7(13)2-3-8-4-5-9(11)10(12)6-8/h4-6H,2-3H2,1H3. The van der Waals surface area contributed by atoms with Crippen LogP contribution in [0.3, 0.4) is 0 Å². The van der Waals surface area contributed by atoms with Crippen molar-refractivity contribution >= 4 is 33.3 Å². The summed E-state index contributed by atoms with van der Waals surface area (Å²) in [5, 5.41) is 0.695. The third-order valence-corrected chi connectivity index (χ3v) is 2.98. The third kappa shape index (κ3) is 3.49. The number of benzene rings is 1. The number of halogens is 2. The lowest BCUT2D eigenvalue weighted by Crippen LogP contribution is -1.93. The van der Waals surface area contributed by atoms with Crippen LogP contribution in [-0.2, 0) is 11.2 Å². The van der Waals surface area contributed by atoms with E-state index in [0.717, 1.165) is 16.5 Å². The zero-order chi connectivity index (χ0) is 9.84. The van der Waals surface area contributed by atoms with Crippen molar-refractivity contribution in [2.24, 2.45) is 0 Å². The largest absolute Gasteiger partial charge is 0.300 e. The van der Waals surface area contributed by atoms with Crippen molar-refractivity contribution < 1.29 is 4.79 Å². The van der Waals surface area contributed by atoms with E-state index >= 15 is 0 Å². The minimum atomic E-state index is 0.207. The Labute approximate surface area is 91.2 Å². The second-order valence-electron chi connectivity index (χ2n) is 2.95. The van der Waals surface area contributed by atoms with Crippen molar-refractivity contribution in [2.75, 3.05) is 0 Å². The van der Waals surface area contributed by atoms with Crippen molar-refractivity contribution in [3.8, 4) is 0 Å². The first kappa shape index (κ1) is 10.7. The highest BCUT2D eigenvalue weighted by molar-refractivity contribution is 9.10. The molecule has 1 aromatic carbocycles. The van der Waals surface area contributed by atoms with Crippen LogP contribution in [0.2, 0.25) is 5.02 Å². The van der Waals surface area contributed by atoms with Crippen molar-refractivity contribution in [2.45, 2.75) is 19.8 Å². The molecule has 0 aromatic heterocycles. The van der Waals surface area contributed by atoms with Gasteiger partial charge in [0.15, 0.2) is 0 Å². The van der Waals surface area contributed by atoms with Gasteiger partial charge in [-0.2, -0.15) is 0 Å². The summed E-state index contributed by atoms with van der Waals surface area (Å²) in [6.07, 6.45) is 1.35. The molecule has 0 aliphatic carbocycles. The summed E-state index contributed by atoms with van der Waals surface area (Å²) in [5.74, 6) is 0.207. The Bertz CT molecular complexity index is 323. The fourth-order valence-corrected chi connectivity index (χ4v) is 1.47. The van der Waals surface area contributed by atoms with Crippen molar-refractivity contribution in [1.29, 1.82) is 0 Å². The molecular weight excluding hydrogens is 251 g/mol. The van der Waals surface area contributed by atoms with E-state index in [4.69, 9.17) is 11.6 Å². The Morgan fingerprint density at radius 2 is 2.23 bits per heavy atom. The zero-order valence-corrected chi connectivity index (χ0v) is 9.65. The van der Waals surface area contributed by atoms with Gasteiger partial charge in [-0.15, -0.1) is 0 Å². The van der Waals surface area contributed by atoms with Crippen LogP contribution in [0.4, 0.5) is 0 Å². The average molecular weight is 262 g/mol. The summed E-state index contributed by atoms with van der Waals surface area (Å²) in [5.41, 5.74) is 1.10. The van der Waals surface area contributed by atoms with Crippen LogP contribution in [0.25, 0.3) is 0 Å². The normalized spacial score (nSPS) is 10.1. The Hall–Kier alpha value is -0.340. The molecule has 0 fully saturated rings. The fourth-order valence-electron chi connectivity index (χ4n) is 1.02. The Balaban J connectivity index is 2.68. The molecule has 0 atom stereocenters. The molecule has 0 aliphatic rings. The fraction of sp³-hybridized carbons (Fsp3) is 0.300. The van der Waals surface area contributed by atoms with E-state index in [0.29, 0.717) is 11.4 Å². The molecule has 0 N–H and O–H groups in total. The van der Waals surface area contributed by atoms with Gasteiger partial charge in [-0.3, -0.25) is 0 Å². The van der Waals surface area contributed by atoms with Crippen LogP contribution in [0.5, 0.6) is 0 Å². The zero-order valence-electron chi connectivity index (χ0n) is 7.31. The van der Waals surface area contributed by atoms with Gasteiger partial charge in [-0.25, -0.2) is 0 Å². The van der Waals surface area contributed by atoms with Crippen LogP contribution >= 0.6 is 27.5 Å². The molecule has 0 radical (unpaired) electrons. The molecule has 0 saturated carbocycles. The van der Waals surface area contributed by atoms with Gasteiger partial charge in [0.25, 0.3) is 0 Å². The topological polar surface area (TPSA) is 17.1 Å². The first-order chi connectivity index (χ1) is 6.09. The van der Waals surface area contributed by atoms with Gasteiger partial charge in [0.05, 0.1) is 5.02 Å². The molecule has 0 spiro atoms. The van der Waals surface area contributed by atoms with Crippen LogP contribution in [0.15, 0.2) is 22.7 Å². The number of hydrogen-bond donors (Lipinski definition) is 0. The maximum atomic E-state index is 10.7. The van der Waals surface area contributed by atoms with Gasteiger partial charge in [-0.1, -0.05) is 17.7 Å². The van der Waals surface area contributed by atoms with E-state index in [1.54, 1.807) is 6.92 Å². The number of rotatable bonds is 3. The molecule has 70 valence electrons. The second kappa shape index (κ2) is 4.77. The molecule has 1 nitrogen and oxygen atoms in total. The highest BCUT2D eigenvalue weighted by Crippen LogP contribution is 2.23. The monoisotopic (exact) mass is 260 g/mol. The summed E-state index contributed by atoms with van der Waals surface area (Å²) >= 11 is 9.21. The van der Waals surface area contributed by atoms with E-state index in [2.05, 4.69) is 15.9 Å². The molecular formula is C10H10BrClO. The van der Waals surface area contributed by atoms with E-state index in [1.165, 1.54) is 0 Å². The quantitative estimate of drug-likeness (QED) is 0.812. The Morgan fingerprint density at radius 3 is 2.77 bits per heavy atom. The summed E-state index contributed by atoms with van der Waals surface area (Å²) in [7, 11) is 0. The number of hydrogen-bond acceptors (Lipinski definition) is 1. The molecule has 0 saturated heterocycles. The third-order valence-electron chi connectivity index (χ3n) is 1.75. The Kier molecular flexibility index (Phi) is 3.94. The lowest BCUT2D eigenvalue weighted by atomic mass is 10.1. The lowest BCUT2D eigenvalue weighted by molar-refractivity contribution is -0.116. The first-order valence-electron chi connectivity index (χ1n) is 4.03. The maximum Gasteiger partial charge on any atom is 0.130 e. The number of ketones is 1. The molecule has 0 heterocycles. The van der Waals surface area contributed by atoms with Crippen molar-refractivity contribution in [1.82, 2.24) is 0 Å². The van der Waals surface area contributed by atoms with Crippen molar-refractivity contribution in [3.05, 3.63) is 33.3 Å². The smallest absolute Gasteiger partial charge is 0.130 e. The Morgan fingerprint density at radius 1 is 1.54 bits per heavy atom. The molecule has 1 rings (SSSR count). The molecule has 13 heavy (non-hydrogen) atoms. The van der Waals surface area contributed by atoms with Gasteiger partial charge >= 0.3 is 0 Å². The van der Waals surface area contributed by atoms with E-state index in [-0.39, 0.29) is 5.78 Å². The molecule has 0 unspecified atom stereocenters. The minimum Gasteiger partial charge on any atom is -0.300 e. The summed E-state index contributed by atoms with van der Waals surface area (Å²) in [6, 6.07) is 5.76. The van der Waals surface area contributed by atoms with E-state index < -0.39 is 0 Å². The predicted octanol–water partition coefficient (Wildman–Crippen LogP) is 3.62. The number of aryl methyl sites for hydroxylation is 1. The summed E-state index contributed by atoms with van der Waals surface area (Å²) in [6.45, 7) is 1.60. The molecule has 0 amide bonds. The first-order valence-corrected chi connectivity index (χ1v) is 5.20. The summed E-state index contributed by atoms with van der Waals surface area (Å²) in [4.78, 5) is 10.7. The van der Waals surface area contributed by atoms with E-state index in [1.807, 2.05) is 18.2 Å². The minimum absolute atomic E-state index is 0.207. The number of carbonyl (C=O) groups excluding carboxylic acids is 1. The van der Waals surface area contributed by atoms with E-state index in [9.17, 15) is 4.79 Å². The van der Waals surface area contributed by atoms with Gasteiger partial charge in [-0.05, 0) is 47.0 Å². The van der Waals surface area contributed by atoms with Gasteiger partial charge < -0.3 is 4.79 Å². The second-order valence-corrected chi connectivity index (χ2v) is 4.21. The van der Waals surface area contributed by atoms with Crippen LogP contribution < -0.4 is 0 Å². The highest BCUT2D eigenvalue weighted by Gasteiger charge is 2.00. The average Bonchev–Trinajstić information content (AvgIpc) is 2.07. The van der Waals surface area contributed by atoms with Gasteiger partial charge in [0.2, 0.25) is 0 Å². The maximum absolute atomic E-state index is 10.7. The predicted molar refractivity (Wildman–Crippen MR) is 58.2 cm³/mol. The highest BCUT2D eigenvalue weighted by atomic mass is 79.9. The number of carbonyl (C=O) groups is 1. The molecule has 0 bridgehead atoms.